The van der Waals surface area contributed by atoms with Crippen LogP contribution >= 0.6 is 0 Å². The van der Waals surface area contributed by atoms with Crippen LogP contribution in [0.5, 0.6) is 0 Å². The number of hydrogen-bond acceptors (Lipinski definition) is 3. The average molecular weight is 727 g/mol. The van der Waals surface area contributed by atoms with E-state index in [4.69, 9.17) is 8.83 Å². The number of benzene rings is 8. The fourth-order valence-electron chi connectivity index (χ4n) is 11.7. The number of aromatic nitrogens is 1. The fourth-order valence-corrected chi connectivity index (χ4v) is 17.2. The molecule has 0 saturated carbocycles. The lowest BCUT2D eigenvalue weighted by molar-refractivity contribution is 0.650. The van der Waals surface area contributed by atoms with Crippen LogP contribution in [0.1, 0.15) is 0 Å². The minimum absolute atomic E-state index is 0.150. The second-order valence-electron chi connectivity index (χ2n) is 15.9. The monoisotopic (exact) mass is 726 g/mol. The van der Waals surface area contributed by atoms with Crippen LogP contribution in [0.3, 0.4) is 0 Å². The molecule has 256 valence electrons. The molecule has 0 radical (unpaired) electrons. The van der Waals surface area contributed by atoms with Crippen molar-refractivity contribution >= 4 is 119 Å². The molecule has 0 bridgehead atoms. The van der Waals surface area contributed by atoms with Crippen molar-refractivity contribution in [3.63, 3.8) is 0 Å². The fraction of sp³-hybridized carbons (Fsp3) is 0. The summed E-state index contributed by atoms with van der Waals surface area (Å²) in [7, 11) is -2.82. The zero-order valence-electron chi connectivity index (χ0n) is 29.9. The summed E-state index contributed by atoms with van der Waals surface area (Å²) in [6, 6.07) is 61.2. The third-order valence-electron chi connectivity index (χ3n) is 13.6. The Balaban J connectivity index is 1.19. The van der Waals surface area contributed by atoms with Crippen LogP contribution < -0.4 is 36.6 Å². The smallest absolute Gasteiger partial charge is 0.336 e. The Bertz CT molecular complexity index is 3600. The molecular weight excluding hydrogens is 699 g/mol. The maximum absolute atomic E-state index is 7.09. The van der Waals surface area contributed by atoms with Gasteiger partial charge in [-0.1, -0.05) is 140 Å². The molecule has 0 amide bonds. The molecule has 11 aromatic rings. The first-order valence-electron chi connectivity index (χ1n) is 19.5. The molecule has 0 aliphatic carbocycles. The third kappa shape index (κ3) is 2.93. The predicted molar refractivity (Wildman–Crippen MR) is 233 cm³/mol. The van der Waals surface area contributed by atoms with Crippen molar-refractivity contribution in [3.8, 4) is 22.3 Å². The van der Waals surface area contributed by atoms with Crippen molar-refractivity contribution in [1.29, 1.82) is 0 Å². The number of furan rings is 2. The van der Waals surface area contributed by atoms with Gasteiger partial charge in [-0.05, 0) is 72.6 Å². The molecule has 1 spiro atoms. The van der Waals surface area contributed by atoms with Gasteiger partial charge in [0.2, 0.25) is 0 Å². The van der Waals surface area contributed by atoms with Crippen LogP contribution in [0.15, 0.2) is 173 Å². The molecule has 0 fully saturated rings. The molecule has 4 aliphatic rings. The van der Waals surface area contributed by atoms with E-state index in [1.807, 2.05) is 0 Å². The molecule has 4 nitrogen and oxygen atoms in total. The minimum atomic E-state index is -2.82. The molecular formula is C50H27BN2O2Si. The number of fused-ring (bicyclic) bond motifs is 22. The lowest BCUT2D eigenvalue weighted by atomic mass is 9.45. The summed E-state index contributed by atoms with van der Waals surface area (Å²) >= 11 is 0. The molecule has 8 aromatic carbocycles. The lowest BCUT2D eigenvalue weighted by Crippen LogP contribution is -2.77. The van der Waals surface area contributed by atoms with Crippen LogP contribution in [0.25, 0.3) is 77.2 Å². The van der Waals surface area contributed by atoms with E-state index in [1.54, 1.807) is 0 Å². The highest BCUT2D eigenvalue weighted by molar-refractivity contribution is 7.24. The topological polar surface area (TPSA) is 34.5 Å². The van der Waals surface area contributed by atoms with E-state index in [2.05, 4.69) is 173 Å². The first kappa shape index (κ1) is 28.4. The highest BCUT2D eigenvalue weighted by Crippen LogP contribution is 2.51. The largest absolute Gasteiger partial charge is 0.454 e. The van der Waals surface area contributed by atoms with Crippen molar-refractivity contribution in [3.05, 3.63) is 164 Å². The highest BCUT2D eigenvalue weighted by atomic mass is 28.3. The maximum atomic E-state index is 7.09. The van der Waals surface area contributed by atoms with Crippen molar-refractivity contribution in [2.24, 2.45) is 0 Å². The van der Waals surface area contributed by atoms with Crippen LogP contribution in [0.4, 0.5) is 17.1 Å². The van der Waals surface area contributed by atoms with Crippen LogP contribution in [0, 0.1) is 0 Å². The SMILES string of the molecule is c1ccc2c(c1)-c1ccccc1[Si]21c2ccccc2N2c3c(cccc31)B1c3c(cc4c(oc5ccccc54)c32)-c2cccc3c4c5ccccc5oc4n1c23. The molecule has 0 N–H and O–H groups in total. The Morgan fingerprint density at radius 2 is 1.09 bits per heavy atom. The molecule has 7 heterocycles. The Morgan fingerprint density at radius 3 is 1.91 bits per heavy atom. The second-order valence-corrected chi connectivity index (χ2v) is 19.5. The third-order valence-corrected chi connectivity index (χ3v) is 18.5. The van der Waals surface area contributed by atoms with Gasteiger partial charge >= 0.3 is 6.85 Å². The number of anilines is 3. The molecule has 15 rings (SSSR count). The molecule has 4 aliphatic heterocycles. The molecule has 0 atom stereocenters. The van der Waals surface area contributed by atoms with E-state index < -0.39 is 8.07 Å². The highest BCUT2D eigenvalue weighted by Gasteiger charge is 2.57. The van der Waals surface area contributed by atoms with Gasteiger partial charge < -0.3 is 18.2 Å². The van der Waals surface area contributed by atoms with Crippen LogP contribution in [0.2, 0.25) is 0 Å². The number of para-hydroxylation sites is 5. The summed E-state index contributed by atoms with van der Waals surface area (Å²) in [6.45, 7) is -0.150. The van der Waals surface area contributed by atoms with Gasteiger partial charge in [-0.2, -0.15) is 0 Å². The van der Waals surface area contributed by atoms with E-state index in [0.717, 1.165) is 44.3 Å². The van der Waals surface area contributed by atoms with Crippen molar-refractivity contribution in [1.82, 2.24) is 4.48 Å². The van der Waals surface area contributed by atoms with Gasteiger partial charge in [0.05, 0.1) is 11.1 Å². The minimum Gasteiger partial charge on any atom is -0.454 e. The van der Waals surface area contributed by atoms with E-state index in [9.17, 15) is 0 Å². The van der Waals surface area contributed by atoms with E-state index in [-0.39, 0.29) is 6.85 Å². The zero-order chi connectivity index (χ0) is 36.0. The number of nitrogens with zero attached hydrogens (tertiary/aromatic N) is 2. The molecule has 3 aromatic heterocycles. The first-order chi connectivity index (χ1) is 27.8. The van der Waals surface area contributed by atoms with Gasteiger partial charge in [-0.3, -0.25) is 0 Å². The van der Waals surface area contributed by atoms with Gasteiger partial charge in [0.1, 0.15) is 11.2 Å². The average Bonchev–Trinajstić information content (AvgIpc) is 3.99. The summed E-state index contributed by atoms with van der Waals surface area (Å²) < 4.78 is 16.6. The van der Waals surface area contributed by atoms with Gasteiger partial charge in [0.25, 0.3) is 0 Å². The molecule has 56 heavy (non-hydrogen) atoms. The summed E-state index contributed by atoms with van der Waals surface area (Å²) in [6.07, 6.45) is 0. The van der Waals surface area contributed by atoms with Crippen LogP contribution in [-0.4, -0.2) is 19.4 Å². The Hall–Kier alpha value is -7.02. The summed E-state index contributed by atoms with van der Waals surface area (Å²) in [5.41, 5.74) is 16.3. The standard InChI is InChI=1S/C50H27BN2O2Si/c1-6-21-38-28(13-1)35-27-34-31-17-11-18-33-44-32-16-2-7-22-39(32)55-50(44)53(46(31)33)51-36-19-12-26-43-47(36)52(48(45(34)51)49(35)54-38)37-20-5-10-25-42(37)56(43)40-23-8-3-14-29(40)30-15-4-9-24-41(30)56/h1-27H. The van der Waals surface area contributed by atoms with Gasteiger partial charge in [-0.15, -0.1) is 0 Å². The summed E-state index contributed by atoms with van der Waals surface area (Å²) in [5, 5.41) is 11.6. The predicted octanol–water partition coefficient (Wildman–Crippen LogP) is 8.53. The summed E-state index contributed by atoms with van der Waals surface area (Å²) in [5.74, 6) is 0. The van der Waals surface area contributed by atoms with Crippen molar-refractivity contribution < 1.29 is 8.83 Å². The maximum Gasteiger partial charge on any atom is 0.336 e. The van der Waals surface area contributed by atoms with E-state index in [0.29, 0.717) is 0 Å². The lowest BCUT2D eigenvalue weighted by Gasteiger charge is -2.48. The van der Waals surface area contributed by atoms with E-state index >= 15 is 0 Å². The second kappa shape index (κ2) is 9.43. The Morgan fingerprint density at radius 1 is 0.464 bits per heavy atom. The van der Waals surface area contributed by atoms with Crippen LogP contribution in [-0.2, 0) is 0 Å². The van der Waals surface area contributed by atoms with Crippen molar-refractivity contribution in [2.45, 2.75) is 0 Å². The van der Waals surface area contributed by atoms with E-state index in [1.165, 1.54) is 81.6 Å². The summed E-state index contributed by atoms with van der Waals surface area (Å²) in [4.78, 5) is 2.60. The number of hydrogen-bond donors (Lipinski definition) is 0. The normalized spacial score (nSPS) is 14.9. The molecule has 0 unspecified atom stereocenters. The van der Waals surface area contributed by atoms with Gasteiger partial charge in [0, 0.05) is 44.0 Å². The molecule has 0 saturated heterocycles. The van der Waals surface area contributed by atoms with Crippen molar-refractivity contribution in [2.75, 3.05) is 4.90 Å². The first-order valence-corrected chi connectivity index (χ1v) is 21.5. The Labute approximate surface area is 321 Å². The number of rotatable bonds is 0. The van der Waals surface area contributed by atoms with Gasteiger partial charge in [0.15, 0.2) is 19.4 Å². The molecule has 6 heteroatoms. The Kier molecular flexibility index (Phi) is 4.79. The zero-order valence-corrected chi connectivity index (χ0v) is 30.9. The quantitative estimate of drug-likeness (QED) is 0.147. The van der Waals surface area contributed by atoms with Gasteiger partial charge in [-0.25, -0.2) is 0 Å².